The van der Waals surface area contributed by atoms with Crippen LogP contribution in [0.4, 0.5) is 15.9 Å². The van der Waals surface area contributed by atoms with Gasteiger partial charge in [0.2, 0.25) is 0 Å². The van der Waals surface area contributed by atoms with Crippen LogP contribution in [0, 0.1) is 12.7 Å². The van der Waals surface area contributed by atoms with E-state index < -0.39 is 5.82 Å². The minimum absolute atomic E-state index is 0.140. The van der Waals surface area contributed by atoms with Gasteiger partial charge < -0.3 is 10.6 Å². The number of amides is 1. The largest absolute Gasteiger partial charge is 0.382 e. The Bertz CT molecular complexity index is 574. The minimum Gasteiger partial charge on any atom is -0.382 e. The van der Waals surface area contributed by atoms with Crippen LogP contribution in [0.5, 0.6) is 0 Å². The van der Waals surface area contributed by atoms with Gasteiger partial charge in [-0.25, -0.2) is 4.39 Å². The molecule has 18 heavy (non-hydrogen) atoms. The maximum Gasteiger partial charge on any atom is 0.263 e. The van der Waals surface area contributed by atoms with Crippen LogP contribution in [-0.4, -0.2) is 23.2 Å². The molecule has 1 aromatic heterocycles. The predicted octanol–water partition coefficient (Wildman–Crippen LogP) is 1.72. The molecule has 0 aliphatic rings. The highest BCUT2D eigenvalue weighted by Gasteiger charge is 2.21. The van der Waals surface area contributed by atoms with E-state index in [0.29, 0.717) is 16.9 Å². The Kier molecular flexibility index (Phi) is 3.01. The maximum atomic E-state index is 13.1. The monoisotopic (exact) mass is 248 g/mol. The van der Waals surface area contributed by atoms with Crippen molar-refractivity contribution < 1.29 is 9.18 Å². The van der Waals surface area contributed by atoms with Gasteiger partial charge in [0.25, 0.3) is 5.91 Å². The van der Waals surface area contributed by atoms with E-state index in [4.69, 9.17) is 5.73 Å². The number of aromatic amines is 1. The molecule has 3 N–H and O–H groups in total. The van der Waals surface area contributed by atoms with Crippen LogP contribution in [0.1, 0.15) is 16.1 Å². The van der Waals surface area contributed by atoms with Gasteiger partial charge in [-0.1, -0.05) is 6.07 Å². The number of nitrogen functional groups attached to an aromatic ring is 1. The van der Waals surface area contributed by atoms with Crippen molar-refractivity contribution in [2.75, 3.05) is 17.7 Å². The van der Waals surface area contributed by atoms with Gasteiger partial charge in [0.1, 0.15) is 11.4 Å². The number of rotatable bonds is 2. The third-order valence-electron chi connectivity index (χ3n) is 2.69. The van der Waals surface area contributed by atoms with Gasteiger partial charge >= 0.3 is 0 Å². The Labute approximate surface area is 103 Å². The van der Waals surface area contributed by atoms with Crippen LogP contribution in [0.2, 0.25) is 0 Å². The standard InChI is InChI=1S/C12H13FN4O/c1-7-10(11(14)16-15-7)12(18)17(2)9-5-3-4-8(13)6-9/h3-6H,1-2H3,(H3,14,15,16). The van der Waals surface area contributed by atoms with Crippen LogP contribution in [0.3, 0.4) is 0 Å². The molecular weight excluding hydrogens is 235 g/mol. The van der Waals surface area contributed by atoms with Crippen LogP contribution >= 0.6 is 0 Å². The first-order valence-electron chi connectivity index (χ1n) is 5.34. The number of benzene rings is 1. The Balaban J connectivity index is 2.35. The molecule has 0 bridgehead atoms. The number of aryl methyl sites for hydroxylation is 1. The van der Waals surface area contributed by atoms with E-state index in [-0.39, 0.29) is 11.7 Å². The number of nitrogens with one attached hydrogen (secondary N) is 1. The summed E-state index contributed by atoms with van der Waals surface area (Å²) in [6, 6.07) is 5.79. The number of hydrogen-bond donors (Lipinski definition) is 2. The predicted molar refractivity (Wildman–Crippen MR) is 66.9 cm³/mol. The minimum atomic E-state index is -0.399. The molecule has 0 saturated carbocycles. The zero-order chi connectivity index (χ0) is 13.3. The fraction of sp³-hybridized carbons (Fsp3) is 0.167. The molecule has 2 aromatic rings. The molecule has 0 spiro atoms. The highest BCUT2D eigenvalue weighted by atomic mass is 19.1. The topological polar surface area (TPSA) is 75.0 Å². The van der Waals surface area contributed by atoms with Crippen molar-refractivity contribution in [3.8, 4) is 0 Å². The summed E-state index contributed by atoms with van der Waals surface area (Å²) in [5.41, 5.74) is 6.97. The van der Waals surface area contributed by atoms with Gasteiger partial charge in [0.05, 0.1) is 0 Å². The summed E-state index contributed by atoms with van der Waals surface area (Å²) in [4.78, 5) is 13.6. The van der Waals surface area contributed by atoms with E-state index in [0.717, 1.165) is 0 Å². The van der Waals surface area contributed by atoms with Crippen molar-refractivity contribution in [2.24, 2.45) is 0 Å². The van der Waals surface area contributed by atoms with Crippen LogP contribution in [0.15, 0.2) is 24.3 Å². The SMILES string of the molecule is Cc1[nH]nc(N)c1C(=O)N(C)c1cccc(F)c1. The van der Waals surface area contributed by atoms with Gasteiger partial charge in [0, 0.05) is 18.4 Å². The molecule has 2 rings (SSSR count). The van der Waals surface area contributed by atoms with E-state index in [9.17, 15) is 9.18 Å². The normalized spacial score (nSPS) is 10.4. The van der Waals surface area contributed by atoms with E-state index >= 15 is 0 Å². The van der Waals surface area contributed by atoms with E-state index in [1.165, 1.54) is 17.0 Å². The van der Waals surface area contributed by atoms with Crippen molar-refractivity contribution in [1.82, 2.24) is 10.2 Å². The first kappa shape index (κ1) is 12.1. The summed E-state index contributed by atoms with van der Waals surface area (Å²) in [6.45, 7) is 1.70. The van der Waals surface area contributed by atoms with Gasteiger partial charge in [-0.2, -0.15) is 5.10 Å². The number of anilines is 2. The highest BCUT2D eigenvalue weighted by molar-refractivity contribution is 6.09. The van der Waals surface area contributed by atoms with Crippen LogP contribution in [-0.2, 0) is 0 Å². The number of H-pyrrole nitrogens is 1. The Morgan fingerprint density at radius 1 is 1.50 bits per heavy atom. The zero-order valence-corrected chi connectivity index (χ0v) is 10.1. The molecule has 1 heterocycles. The number of nitrogens with two attached hydrogens (primary N) is 1. The summed E-state index contributed by atoms with van der Waals surface area (Å²) in [7, 11) is 1.56. The number of aromatic nitrogens is 2. The highest BCUT2D eigenvalue weighted by Crippen LogP contribution is 2.20. The van der Waals surface area contributed by atoms with Gasteiger partial charge in [-0.3, -0.25) is 9.89 Å². The first-order chi connectivity index (χ1) is 8.50. The maximum absolute atomic E-state index is 13.1. The van der Waals surface area contributed by atoms with Crippen molar-refractivity contribution in [3.05, 3.63) is 41.3 Å². The molecule has 5 nitrogen and oxygen atoms in total. The lowest BCUT2D eigenvalue weighted by atomic mass is 10.2. The molecule has 0 aliphatic carbocycles. The molecule has 0 atom stereocenters. The first-order valence-corrected chi connectivity index (χ1v) is 5.34. The van der Waals surface area contributed by atoms with Gasteiger partial charge in [-0.15, -0.1) is 0 Å². The smallest absolute Gasteiger partial charge is 0.263 e. The second-order valence-corrected chi connectivity index (χ2v) is 3.95. The fourth-order valence-corrected chi connectivity index (χ4v) is 1.69. The lowest BCUT2D eigenvalue weighted by molar-refractivity contribution is 0.0993. The Morgan fingerprint density at radius 2 is 2.22 bits per heavy atom. The fourth-order valence-electron chi connectivity index (χ4n) is 1.69. The Morgan fingerprint density at radius 3 is 2.78 bits per heavy atom. The molecule has 94 valence electrons. The lowest BCUT2D eigenvalue weighted by Gasteiger charge is -2.17. The summed E-state index contributed by atoms with van der Waals surface area (Å²) >= 11 is 0. The second-order valence-electron chi connectivity index (χ2n) is 3.95. The zero-order valence-electron chi connectivity index (χ0n) is 10.1. The molecule has 0 aliphatic heterocycles. The molecule has 1 amide bonds. The molecule has 0 saturated heterocycles. The van der Waals surface area contributed by atoms with Crippen LogP contribution in [0.25, 0.3) is 0 Å². The number of nitrogens with zero attached hydrogens (tertiary/aromatic N) is 2. The van der Waals surface area contributed by atoms with Gasteiger partial charge in [0.15, 0.2) is 5.82 Å². The van der Waals surface area contributed by atoms with Crippen molar-refractivity contribution in [3.63, 3.8) is 0 Å². The lowest BCUT2D eigenvalue weighted by Crippen LogP contribution is -2.27. The number of carbonyl (C=O) groups is 1. The van der Waals surface area contributed by atoms with Crippen LogP contribution < -0.4 is 10.6 Å². The third-order valence-corrected chi connectivity index (χ3v) is 2.69. The number of halogens is 1. The number of hydrogen-bond acceptors (Lipinski definition) is 3. The second kappa shape index (κ2) is 4.48. The Hall–Kier alpha value is -2.37. The third kappa shape index (κ3) is 2.04. The van der Waals surface area contributed by atoms with E-state index in [2.05, 4.69) is 10.2 Å². The molecular formula is C12H13FN4O. The molecule has 6 heteroatoms. The average molecular weight is 248 g/mol. The molecule has 1 aromatic carbocycles. The van der Waals surface area contributed by atoms with Crippen molar-refractivity contribution >= 4 is 17.4 Å². The van der Waals surface area contributed by atoms with Crippen molar-refractivity contribution in [2.45, 2.75) is 6.92 Å². The quantitative estimate of drug-likeness (QED) is 0.849. The van der Waals surface area contributed by atoms with E-state index in [1.807, 2.05) is 0 Å². The average Bonchev–Trinajstić information content (AvgIpc) is 2.67. The van der Waals surface area contributed by atoms with Crippen molar-refractivity contribution in [1.29, 1.82) is 0 Å². The summed E-state index contributed by atoms with van der Waals surface area (Å²) < 4.78 is 13.1. The molecule has 0 radical (unpaired) electrons. The van der Waals surface area contributed by atoms with Gasteiger partial charge in [-0.05, 0) is 25.1 Å². The molecule has 0 fully saturated rings. The number of carbonyl (C=O) groups excluding carboxylic acids is 1. The summed E-state index contributed by atoms with van der Waals surface area (Å²) in [5, 5.41) is 6.40. The van der Waals surface area contributed by atoms with E-state index in [1.54, 1.807) is 26.1 Å². The molecule has 0 unspecified atom stereocenters. The summed E-state index contributed by atoms with van der Waals surface area (Å²) in [5.74, 6) is -0.589. The summed E-state index contributed by atoms with van der Waals surface area (Å²) in [6.07, 6.45) is 0.